The van der Waals surface area contributed by atoms with Gasteiger partial charge in [0, 0.05) is 44.1 Å². The van der Waals surface area contributed by atoms with Crippen molar-refractivity contribution in [3.63, 3.8) is 0 Å². The van der Waals surface area contributed by atoms with Crippen molar-refractivity contribution in [3.8, 4) is 5.75 Å². The number of nitrogens with zero attached hydrogens (tertiary/aromatic N) is 4. The monoisotopic (exact) mass is 617 g/mol. The van der Waals surface area contributed by atoms with Crippen molar-refractivity contribution in [2.75, 3.05) is 61.0 Å². The first-order chi connectivity index (χ1) is 21.3. The lowest BCUT2D eigenvalue weighted by atomic mass is 10.1. The summed E-state index contributed by atoms with van der Waals surface area (Å²) >= 11 is 5.85. The van der Waals surface area contributed by atoms with E-state index in [0.29, 0.717) is 29.6 Å². The fourth-order valence-electron chi connectivity index (χ4n) is 5.61. The maximum Gasteiger partial charge on any atom is 0.256 e. The number of aryl methyl sites for hydroxylation is 1. The van der Waals surface area contributed by atoms with Crippen LogP contribution in [0.4, 0.5) is 21.5 Å². The fourth-order valence-corrected chi connectivity index (χ4v) is 6.02. The van der Waals surface area contributed by atoms with Gasteiger partial charge in [-0.25, -0.2) is 4.39 Å². The molecular formula is C34H40FN5O3S. The lowest BCUT2D eigenvalue weighted by Gasteiger charge is -2.36. The van der Waals surface area contributed by atoms with Gasteiger partial charge in [-0.3, -0.25) is 19.4 Å². The van der Waals surface area contributed by atoms with Gasteiger partial charge in [0.05, 0.1) is 18.7 Å². The zero-order valence-electron chi connectivity index (χ0n) is 25.4. The smallest absolute Gasteiger partial charge is 0.256 e. The molecular weight excluding hydrogens is 577 g/mol. The Morgan fingerprint density at radius 3 is 2.25 bits per heavy atom. The van der Waals surface area contributed by atoms with Crippen LogP contribution >= 0.6 is 12.2 Å². The lowest BCUT2D eigenvalue weighted by Crippen LogP contribution is -2.47. The molecule has 0 radical (unpaired) electrons. The molecule has 1 unspecified atom stereocenters. The number of benzene rings is 3. The summed E-state index contributed by atoms with van der Waals surface area (Å²) in [6, 6.07) is 20.9. The Bertz CT molecular complexity index is 1430. The number of carbonyl (C=O) groups excluding carboxylic acids is 2. The maximum atomic E-state index is 13.8. The number of anilines is 3. The first-order valence-corrected chi connectivity index (χ1v) is 15.7. The molecule has 232 valence electrons. The number of hydrogen-bond donors (Lipinski definition) is 1. The van der Waals surface area contributed by atoms with E-state index in [0.717, 1.165) is 62.6 Å². The summed E-state index contributed by atoms with van der Waals surface area (Å²) in [5.74, 6) is 0.0817. The van der Waals surface area contributed by atoms with Gasteiger partial charge in [0.2, 0.25) is 5.91 Å². The Labute approximate surface area is 264 Å². The molecule has 5 rings (SSSR count). The highest BCUT2D eigenvalue weighted by Gasteiger charge is 2.43. The Morgan fingerprint density at radius 2 is 1.59 bits per heavy atom. The molecule has 1 atom stereocenters. The first kappa shape index (κ1) is 31.4. The predicted octanol–water partition coefficient (Wildman–Crippen LogP) is 5.47. The largest absolute Gasteiger partial charge is 0.494 e. The minimum atomic E-state index is -0.689. The molecule has 2 aliphatic heterocycles. The van der Waals surface area contributed by atoms with Gasteiger partial charge < -0.3 is 19.9 Å². The van der Waals surface area contributed by atoms with E-state index in [1.807, 2.05) is 67.3 Å². The minimum absolute atomic E-state index is 0.00817. The van der Waals surface area contributed by atoms with Gasteiger partial charge in [0.1, 0.15) is 17.6 Å². The van der Waals surface area contributed by atoms with Crippen LogP contribution in [0.25, 0.3) is 0 Å². The third-order valence-corrected chi connectivity index (χ3v) is 8.46. The van der Waals surface area contributed by atoms with E-state index >= 15 is 0 Å². The third kappa shape index (κ3) is 7.73. The van der Waals surface area contributed by atoms with Crippen LogP contribution in [0, 0.1) is 12.7 Å². The van der Waals surface area contributed by atoms with Crippen LogP contribution in [0.2, 0.25) is 0 Å². The molecule has 2 heterocycles. The van der Waals surface area contributed by atoms with Gasteiger partial charge in [0.25, 0.3) is 5.91 Å². The molecule has 8 nitrogen and oxygen atoms in total. The summed E-state index contributed by atoms with van der Waals surface area (Å²) in [6.45, 7) is 9.60. The summed E-state index contributed by atoms with van der Waals surface area (Å²) in [6.07, 6.45) is 1.70. The van der Waals surface area contributed by atoms with E-state index < -0.39 is 6.04 Å². The number of amides is 2. The van der Waals surface area contributed by atoms with Gasteiger partial charge in [-0.15, -0.1) is 0 Å². The number of carbonyl (C=O) groups is 2. The standard InChI is InChI=1S/C34H40FN5O3S/c1-3-23-43-30-15-9-27(10-16-30)36-32(41)24-31-33(42)40(29-11-5-25(2)6-12-29)34(44)39(31)18-4-17-37-19-21-38(22-20-37)28-13-7-26(35)8-14-28/h5-16,31H,3-4,17-24H2,1-2H3,(H,36,41). The zero-order valence-corrected chi connectivity index (χ0v) is 26.2. The van der Waals surface area contributed by atoms with Gasteiger partial charge in [-0.05, 0) is 99.2 Å². The molecule has 1 N–H and O–H groups in total. The number of halogens is 1. The molecule has 10 heteroatoms. The second kappa shape index (κ2) is 14.6. The van der Waals surface area contributed by atoms with Crippen molar-refractivity contribution in [2.24, 2.45) is 0 Å². The molecule has 0 aromatic heterocycles. The molecule has 0 saturated carbocycles. The SMILES string of the molecule is CCCOc1ccc(NC(=O)CC2C(=O)N(c3ccc(C)cc3)C(=S)N2CCCN2CCN(c3ccc(F)cc3)CC2)cc1. The van der Waals surface area contributed by atoms with E-state index in [4.69, 9.17) is 17.0 Å². The van der Waals surface area contributed by atoms with Crippen LogP contribution in [0.3, 0.4) is 0 Å². The molecule has 2 aliphatic rings. The van der Waals surface area contributed by atoms with Gasteiger partial charge in [0.15, 0.2) is 5.11 Å². The third-order valence-electron chi connectivity index (χ3n) is 8.04. The molecule has 2 amide bonds. The molecule has 0 spiro atoms. The van der Waals surface area contributed by atoms with E-state index in [-0.39, 0.29) is 24.1 Å². The molecule has 3 aromatic rings. The highest BCUT2D eigenvalue weighted by atomic mass is 32.1. The van der Waals surface area contributed by atoms with Gasteiger partial charge in [-0.2, -0.15) is 0 Å². The Kier molecular flexibility index (Phi) is 10.4. The predicted molar refractivity (Wildman–Crippen MR) is 177 cm³/mol. The first-order valence-electron chi connectivity index (χ1n) is 15.3. The molecule has 3 aromatic carbocycles. The van der Waals surface area contributed by atoms with Crippen molar-refractivity contribution in [3.05, 3.63) is 84.2 Å². The Hall–Kier alpha value is -4.02. The van der Waals surface area contributed by atoms with Crippen molar-refractivity contribution >= 4 is 46.2 Å². The highest BCUT2D eigenvalue weighted by molar-refractivity contribution is 7.80. The number of ether oxygens (including phenoxy) is 1. The molecule has 2 saturated heterocycles. The summed E-state index contributed by atoms with van der Waals surface area (Å²) in [5, 5.41) is 3.36. The molecule has 44 heavy (non-hydrogen) atoms. The number of nitrogens with one attached hydrogen (secondary N) is 1. The number of rotatable bonds is 12. The normalized spacial score (nSPS) is 17.3. The quantitative estimate of drug-likeness (QED) is 0.271. The Morgan fingerprint density at radius 1 is 0.932 bits per heavy atom. The molecule has 2 fully saturated rings. The zero-order chi connectivity index (χ0) is 31.1. The van der Waals surface area contributed by atoms with E-state index in [1.165, 1.54) is 12.1 Å². The Balaban J connectivity index is 1.20. The van der Waals surface area contributed by atoms with Crippen LogP contribution in [0.15, 0.2) is 72.8 Å². The van der Waals surface area contributed by atoms with Gasteiger partial charge >= 0.3 is 0 Å². The van der Waals surface area contributed by atoms with Crippen LogP contribution in [0.1, 0.15) is 31.7 Å². The maximum absolute atomic E-state index is 13.8. The van der Waals surface area contributed by atoms with Crippen molar-refractivity contribution < 1.29 is 18.7 Å². The summed E-state index contributed by atoms with van der Waals surface area (Å²) < 4.78 is 19.0. The van der Waals surface area contributed by atoms with Crippen LogP contribution < -0.4 is 19.9 Å². The highest BCUT2D eigenvalue weighted by Crippen LogP contribution is 2.28. The summed E-state index contributed by atoms with van der Waals surface area (Å²) in [7, 11) is 0. The number of piperazine rings is 1. The minimum Gasteiger partial charge on any atom is -0.494 e. The lowest BCUT2D eigenvalue weighted by molar-refractivity contribution is -0.124. The van der Waals surface area contributed by atoms with Gasteiger partial charge in [-0.1, -0.05) is 24.6 Å². The second-order valence-electron chi connectivity index (χ2n) is 11.3. The number of thiocarbonyl (C=S) groups is 1. The number of hydrogen-bond acceptors (Lipinski definition) is 6. The van der Waals surface area contributed by atoms with E-state index in [1.54, 1.807) is 17.0 Å². The fraction of sp³-hybridized carbons (Fsp3) is 0.382. The second-order valence-corrected chi connectivity index (χ2v) is 11.6. The molecule has 0 bridgehead atoms. The van der Waals surface area contributed by atoms with E-state index in [9.17, 15) is 14.0 Å². The molecule has 0 aliphatic carbocycles. The van der Waals surface area contributed by atoms with Crippen LogP contribution in [0.5, 0.6) is 5.75 Å². The van der Waals surface area contributed by atoms with Crippen molar-refractivity contribution in [1.82, 2.24) is 9.80 Å². The average molecular weight is 618 g/mol. The average Bonchev–Trinajstić information content (AvgIpc) is 3.25. The topological polar surface area (TPSA) is 68.4 Å². The van der Waals surface area contributed by atoms with Crippen molar-refractivity contribution in [1.29, 1.82) is 0 Å². The van der Waals surface area contributed by atoms with Crippen molar-refractivity contribution in [2.45, 2.75) is 39.2 Å². The van der Waals surface area contributed by atoms with Crippen LogP contribution in [-0.4, -0.2) is 78.6 Å². The van der Waals surface area contributed by atoms with Crippen LogP contribution in [-0.2, 0) is 9.59 Å². The summed E-state index contributed by atoms with van der Waals surface area (Å²) in [5.41, 5.74) is 3.47. The summed E-state index contributed by atoms with van der Waals surface area (Å²) in [4.78, 5) is 35.1. The van der Waals surface area contributed by atoms with E-state index in [2.05, 4.69) is 15.1 Å².